The van der Waals surface area contributed by atoms with Crippen LogP contribution in [0.15, 0.2) is 42.7 Å². The van der Waals surface area contributed by atoms with E-state index in [-0.39, 0.29) is 12.4 Å². The fraction of sp³-hybridized carbons (Fsp3) is 0.0833. The van der Waals surface area contributed by atoms with Gasteiger partial charge in [0, 0.05) is 29.0 Å². The second-order valence-electron chi connectivity index (χ2n) is 3.49. The van der Waals surface area contributed by atoms with Gasteiger partial charge >= 0.3 is 0 Å². The lowest BCUT2D eigenvalue weighted by atomic mass is 10.2. The fourth-order valence-corrected chi connectivity index (χ4v) is 1.88. The maximum absolute atomic E-state index is 7.38. The fourth-order valence-electron chi connectivity index (χ4n) is 1.41. The standard InChI is InChI=1S/C12H10Cl2N2.ClH/c13-10-2-1-9(12(14)7-10)8-16-5-3-11(15)4-6-16;/h1-7,15H,8H2;1H. The SMILES string of the molecule is Cl.N=c1ccn(Cc2ccc(Cl)cc2Cl)cc1. The minimum absolute atomic E-state index is 0. The number of nitrogens with zero attached hydrogens (tertiary/aromatic N) is 1. The highest BCUT2D eigenvalue weighted by Crippen LogP contribution is 2.21. The van der Waals surface area contributed by atoms with Gasteiger partial charge in [0.25, 0.3) is 0 Å². The largest absolute Gasteiger partial charge is 0.350 e. The van der Waals surface area contributed by atoms with Crippen LogP contribution in [0, 0.1) is 5.41 Å². The van der Waals surface area contributed by atoms with Crippen molar-refractivity contribution in [1.82, 2.24) is 4.57 Å². The smallest absolute Gasteiger partial charge is 0.0568 e. The minimum Gasteiger partial charge on any atom is -0.350 e. The molecule has 17 heavy (non-hydrogen) atoms. The zero-order valence-corrected chi connectivity index (χ0v) is 11.2. The molecule has 5 heteroatoms. The van der Waals surface area contributed by atoms with Crippen molar-refractivity contribution in [2.75, 3.05) is 0 Å². The topological polar surface area (TPSA) is 28.8 Å². The van der Waals surface area contributed by atoms with Gasteiger partial charge in [-0.2, -0.15) is 0 Å². The van der Waals surface area contributed by atoms with Gasteiger partial charge in [-0.25, -0.2) is 0 Å². The number of halogens is 3. The molecule has 0 aliphatic rings. The maximum Gasteiger partial charge on any atom is 0.0568 e. The van der Waals surface area contributed by atoms with Gasteiger partial charge in [-0.15, -0.1) is 12.4 Å². The summed E-state index contributed by atoms with van der Waals surface area (Å²) in [5, 5.41) is 9.18. The first-order valence-corrected chi connectivity index (χ1v) is 5.55. The van der Waals surface area contributed by atoms with Crippen LogP contribution >= 0.6 is 35.6 Å². The van der Waals surface area contributed by atoms with Crippen LogP contribution in [0.3, 0.4) is 0 Å². The highest BCUT2D eigenvalue weighted by atomic mass is 35.5. The first kappa shape index (κ1) is 14.1. The molecule has 0 radical (unpaired) electrons. The van der Waals surface area contributed by atoms with Crippen LogP contribution in [0.4, 0.5) is 0 Å². The molecule has 0 aliphatic heterocycles. The normalized spacial score (nSPS) is 9.76. The summed E-state index contributed by atoms with van der Waals surface area (Å²) in [6.45, 7) is 0.677. The lowest BCUT2D eigenvalue weighted by Crippen LogP contribution is -2.05. The summed E-state index contributed by atoms with van der Waals surface area (Å²) in [6.07, 6.45) is 3.71. The summed E-state index contributed by atoms with van der Waals surface area (Å²) in [7, 11) is 0. The van der Waals surface area contributed by atoms with Crippen LogP contribution in [0.2, 0.25) is 10.0 Å². The molecule has 0 aliphatic carbocycles. The van der Waals surface area contributed by atoms with Crippen molar-refractivity contribution < 1.29 is 0 Å². The van der Waals surface area contributed by atoms with Crippen LogP contribution in [-0.2, 0) is 6.54 Å². The molecule has 0 saturated heterocycles. The van der Waals surface area contributed by atoms with Crippen LogP contribution in [-0.4, -0.2) is 4.57 Å². The summed E-state index contributed by atoms with van der Waals surface area (Å²) in [5.74, 6) is 0. The van der Waals surface area contributed by atoms with E-state index in [1.165, 1.54) is 0 Å². The zero-order chi connectivity index (χ0) is 11.5. The molecule has 0 bridgehead atoms. The average Bonchev–Trinajstić information content (AvgIpc) is 2.25. The predicted molar refractivity (Wildman–Crippen MR) is 73.1 cm³/mol. The monoisotopic (exact) mass is 288 g/mol. The Labute approximate surface area is 116 Å². The molecule has 0 unspecified atom stereocenters. The van der Waals surface area contributed by atoms with Crippen LogP contribution in [0.25, 0.3) is 0 Å². The van der Waals surface area contributed by atoms with Gasteiger partial charge < -0.3 is 9.98 Å². The van der Waals surface area contributed by atoms with Gasteiger partial charge in [0.1, 0.15) is 0 Å². The van der Waals surface area contributed by atoms with Gasteiger partial charge in [0.2, 0.25) is 0 Å². The lowest BCUT2D eigenvalue weighted by Gasteiger charge is -2.08. The molecule has 90 valence electrons. The highest BCUT2D eigenvalue weighted by Gasteiger charge is 2.01. The Morgan fingerprint density at radius 1 is 1.06 bits per heavy atom. The molecule has 1 aromatic heterocycles. The van der Waals surface area contributed by atoms with E-state index in [9.17, 15) is 0 Å². The minimum atomic E-state index is 0. The molecule has 1 aromatic carbocycles. The molecule has 0 atom stereocenters. The molecule has 0 spiro atoms. The summed E-state index contributed by atoms with van der Waals surface area (Å²) in [4.78, 5) is 0. The first-order chi connectivity index (χ1) is 7.65. The van der Waals surface area contributed by atoms with Crippen molar-refractivity contribution in [3.8, 4) is 0 Å². The first-order valence-electron chi connectivity index (χ1n) is 4.80. The zero-order valence-electron chi connectivity index (χ0n) is 8.86. The maximum atomic E-state index is 7.38. The molecular weight excluding hydrogens is 279 g/mol. The molecule has 2 rings (SSSR count). The van der Waals surface area contributed by atoms with Gasteiger partial charge in [-0.1, -0.05) is 29.3 Å². The molecule has 0 fully saturated rings. The van der Waals surface area contributed by atoms with Crippen molar-refractivity contribution in [1.29, 1.82) is 5.41 Å². The van der Waals surface area contributed by atoms with E-state index in [1.54, 1.807) is 18.2 Å². The van der Waals surface area contributed by atoms with Gasteiger partial charge in [-0.05, 0) is 29.8 Å². The molecule has 0 amide bonds. The Balaban J connectivity index is 0.00000144. The van der Waals surface area contributed by atoms with E-state index in [0.29, 0.717) is 21.9 Å². The predicted octanol–water partition coefficient (Wildman–Crippen LogP) is 3.74. The Morgan fingerprint density at radius 3 is 2.29 bits per heavy atom. The van der Waals surface area contributed by atoms with E-state index >= 15 is 0 Å². The molecule has 0 saturated carbocycles. The number of hydrogen-bond acceptors (Lipinski definition) is 1. The second kappa shape index (κ2) is 6.10. The van der Waals surface area contributed by atoms with Gasteiger partial charge in [-0.3, -0.25) is 0 Å². The quantitative estimate of drug-likeness (QED) is 0.872. The number of pyridine rings is 1. The summed E-state index contributed by atoms with van der Waals surface area (Å²) in [6, 6.07) is 8.94. The number of aromatic nitrogens is 1. The third-order valence-corrected chi connectivity index (χ3v) is 2.85. The Bertz CT molecular complexity index is 543. The van der Waals surface area contributed by atoms with Crippen molar-refractivity contribution in [3.05, 3.63) is 63.7 Å². The van der Waals surface area contributed by atoms with E-state index in [4.69, 9.17) is 28.6 Å². The number of benzene rings is 1. The van der Waals surface area contributed by atoms with Crippen LogP contribution in [0.1, 0.15) is 5.56 Å². The molecule has 2 nitrogen and oxygen atoms in total. The Morgan fingerprint density at radius 2 is 1.71 bits per heavy atom. The summed E-state index contributed by atoms with van der Waals surface area (Å²) >= 11 is 11.9. The van der Waals surface area contributed by atoms with E-state index < -0.39 is 0 Å². The van der Waals surface area contributed by atoms with Gasteiger partial charge in [0.15, 0.2) is 0 Å². The third-order valence-electron chi connectivity index (χ3n) is 2.26. The van der Waals surface area contributed by atoms with E-state index in [0.717, 1.165) is 5.56 Å². The summed E-state index contributed by atoms with van der Waals surface area (Å²) in [5.41, 5.74) is 1.01. The Kier molecular flexibility index (Phi) is 5.06. The Hall–Kier alpha value is -0.960. The summed E-state index contributed by atoms with van der Waals surface area (Å²) < 4.78 is 1.97. The van der Waals surface area contributed by atoms with Crippen LogP contribution < -0.4 is 5.36 Å². The number of hydrogen-bond donors (Lipinski definition) is 1. The van der Waals surface area contributed by atoms with Crippen molar-refractivity contribution in [2.24, 2.45) is 0 Å². The van der Waals surface area contributed by atoms with E-state index in [1.807, 2.05) is 29.1 Å². The van der Waals surface area contributed by atoms with Crippen molar-refractivity contribution >= 4 is 35.6 Å². The van der Waals surface area contributed by atoms with Crippen molar-refractivity contribution in [3.63, 3.8) is 0 Å². The average molecular weight is 290 g/mol. The molecule has 1 heterocycles. The third kappa shape index (κ3) is 3.77. The molecule has 1 N–H and O–H groups in total. The number of nitrogens with one attached hydrogen (secondary N) is 1. The van der Waals surface area contributed by atoms with Crippen molar-refractivity contribution in [2.45, 2.75) is 6.54 Å². The second-order valence-corrected chi connectivity index (χ2v) is 4.34. The van der Waals surface area contributed by atoms with E-state index in [2.05, 4.69) is 0 Å². The number of rotatable bonds is 2. The highest BCUT2D eigenvalue weighted by molar-refractivity contribution is 6.35. The molecular formula is C12H11Cl3N2. The van der Waals surface area contributed by atoms with Gasteiger partial charge in [0.05, 0.1) is 5.36 Å². The van der Waals surface area contributed by atoms with Crippen LogP contribution in [0.5, 0.6) is 0 Å². The molecule has 2 aromatic rings. The lowest BCUT2D eigenvalue weighted by molar-refractivity contribution is 0.786.